The van der Waals surface area contributed by atoms with E-state index < -0.39 is 0 Å². The second-order valence-electron chi connectivity index (χ2n) is 9.13. The summed E-state index contributed by atoms with van der Waals surface area (Å²) in [4.78, 5) is 5.18. The molecule has 4 saturated carbocycles. The zero-order valence-corrected chi connectivity index (χ0v) is 15.7. The van der Waals surface area contributed by atoms with E-state index in [1.165, 1.54) is 18.5 Å². The molecule has 5 aliphatic rings. The van der Waals surface area contributed by atoms with Crippen LogP contribution in [0.25, 0.3) is 0 Å². The van der Waals surface area contributed by atoms with Crippen LogP contribution in [0.15, 0.2) is 18.2 Å². The van der Waals surface area contributed by atoms with Crippen molar-refractivity contribution in [3.63, 3.8) is 0 Å². The number of rotatable bonds is 3. The third-order valence-corrected chi connectivity index (χ3v) is 7.51. The first kappa shape index (κ1) is 16.7. The summed E-state index contributed by atoms with van der Waals surface area (Å²) in [6.07, 6.45) is 5.84. The largest absolute Gasteiger partial charge is 0.495 e. The maximum atomic E-state index is 10.8. The molecule has 0 aromatic heterocycles. The van der Waals surface area contributed by atoms with Gasteiger partial charge in [-0.15, -0.1) is 0 Å². The lowest BCUT2D eigenvalue weighted by Crippen LogP contribution is -2.64. The van der Waals surface area contributed by atoms with E-state index in [1.54, 1.807) is 7.11 Å². The average molecular weight is 357 g/mol. The van der Waals surface area contributed by atoms with Gasteiger partial charge in [-0.1, -0.05) is 0 Å². The van der Waals surface area contributed by atoms with Crippen molar-refractivity contribution in [2.24, 2.45) is 17.8 Å². The van der Waals surface area contributed by atoms with Crippen LogP contribution >= 0.6 is 0 Å². The summed E-state index contributed by atoms with van der Waals surface area (Å²) < 4.78 is 5.38. The Kier molecular flexibility index (Phi) is 3.87. The van der Waals surface area contributed by atoms with Crippen molar-refractivity contribution in [2.45, 2.75) is 43.7 Å². The van der Waals surface area contributed by atoms with Gasteiger partial charge < -0.3 is 20.5 Å². The fourth-order valence-corrected chi connectivity index (χ4v) is 6.73. The number of aliphatic hydroxyl groups is 1. The lowest BCUT2D eigenvalue weighted by molar-refractivity contribution is -0.160. The molecule has 5 heteroatoms. The van der Waals surface area contributed by atoms with Gasteiger partial charge in [-0.25, -0.2) is 0 Å². The van der Waals surface area contributed by atoms with E-state index >= 15 is 0 Å². The van der Waals surface area contributed by atoms with Crippen LogP contribution in [0.3, 0.4) is 0 Å². The molecular formula is C21H31N3O2. The molecule has 2 unspecified atom stereocenters. The molecule has 2 atom stereocenters. The summed E-state index contributed by atoms with van der Waals surface area (Å²) in [7, 11) is 1.67. The quantitative estimate of drug-likeness (QED) is 0.813. The number of benzene rings is 1. The Morgan fingerprint density at radius 1 is 1.08 bits per heavy atom. The van der Waals surface area contributed by atoms with Crippen LogP contribution in [0, 0.1) is 17.8 Å². The van der Waals surface area contributed by atoms with Gasteiger partial charge in [0, 0.05) is 44.0 Å². The Morgan fingerprint density at radius 3 is 2.38 bits per heavy atom. The van der Waals surface area contributed by atoms with Crippen LogP contribution in [0.2, 0.25) is 0 Å². The maximum Gasteiger partial charge on any atom is 0.143 e. The van der Waals surface area contributed by atoms with Crippen molar-refractivity contribution in [1.29, 1.82) is 0 Å². The molecule has 4 bridgehead atoms. The van der Waals surface area contributed by atoms with Gasteiger partial charge in [0.05, 0.1) is 18.4 Å². The summed E-state index contributed by atoms with van der Waals surface area (Å²) in [5.41, 5.74) is 7.53. The zero-order valence-electron chi connectivity index (χ0n) is 15.7. The SMILES string of the molecule is COc1cc(N2CCN(C3C4CC5CC3CC(O)(C5)C4)CC2)ccc1N. The van der Waals surface area contributed by atoms with Crippen molar-refractivity contribution >= 4 is 11.4 Å². The van der Waals surface area contributed by atoms with Crippen molar-refractivity contribution in [3.8, 4) is 5.75 Å². The third-order valence-electron chi connectivity index (χ3n) is 7.51. The van der Waals surface area contributed by atoms with E-state index in [0.717, 1.165) is 68.9 Å². The van der Waals surface area contributed by atoms with Gasteiger partial charge in [0.1, 0.15) is 5.75 Å². The molecule has 26 heavy (non-hydrogen) atoms. The number of piperazine rings is 1. The summed E-state index contributed by atoms with van der Waals surface area (Å²) in [5.74, 6) is 2.99. The molecule has 6 rings (SSSR count). The van der Waals surface area contributed by atoms with Gasteiger partial charge in [0.15, 0.2) is 0 Å². The van der Waals surface area contributed by atoms with Gasteiger partial charge >= 0.3 is 0 Å². The second-order valence-corrected chi connectivity index (χ2v) is 9.13. The molecule has 1 saturated heterocycles. The Balaban J connectivity index is 1.27. The molecule has 1 aliphatic heterocycles. The Bertz CT molecular complexity index is 670. The molecular weight excluding hydrogens is 326 g/mol. The topological polar surface area (TPSA) is 62.0 Å². The molecule has 1 aromatic carbocycles. The molecule has 0 amide bonds. The minimum Gasteiger partial charge on any atom is -0.495 e. The normalized spacial score (nSPS) is 39.4. The fraction of sp³-hybridized carbons (Fsp3) is 0.714. The van der Waals surface area contributed by atoms with E-state index in [2.05, 4.69) is 21.9 Å². The highest BCUT2D eigenvalue weighted by atomic mass is 16.5. The minimum absolute atomic E-state index is 0.324. The van der Waals surface area contributed by atoms with Crippen LogP contribution in [-0.4, -0.2) is 54.9 Å². The van der Waals surface area contributed by atoms with Crippen LogP contribution < -0.4 is 15.4 Å². The number of methoxy groups -OCH3 is 1. The fourth-order valence-electron chi connectivity index (χ4n) is 6.73. The predicted octanol–water partition coefficient (Wildman–Crippen LogP) is 2.34. The second kappa shape index (κ2) is 6.03. The highest BCUT2D eigenvalue weighted by Gasteiger charge is 2.56. The molecule has 0 radical (unpaired) electrons. The van der Waals surface area contributed by atoms with Crippen molar-refractivity contribution in [3.05, 3.63) is 18.2 Å². The first-order valence-corrected chi connectivity index (χ1v) is 10.2. The van der Waals surface area contributed by atoms with Gasteiger partial charge in [-0.3, -0.25) is 4.90 Å². The third kappa shape index (κ3) is 2.67. The number of nitrogens with two attached hydrogens (primary N) is 1. The van der Waals surface area contributed by atoms with Gasteiger partial charge in [0.2, 0.25) is 0 Å². The Morgan fingerprint density at radius 2 is 1.77 bits per heavy atom. The van der Waals surface area contributed by atoms with Crippen molar-refractivity contribution in [1.82, 2.24) is 4.90 Å². The molecule has 1 aromatic rings. The number of nitrogen functional groups attached to an aromatic ring is 1. The zero-order chi connectivity index (χ0) is 17.9. The molecule has 4 aliphatic carbocycles. The van der Waals surface area contributed by atoms with Crippen LogP contribution in [0.1, 0.15) is 32.1 Å². The lowest BCUT2D eigenvalue weighted by Gasteiger charge is -2.61. The molecule has 1 heterocycles. The van der Waals surface area contributed by atoms with E-state index in [1.807, 2.05) is 6.07 Å². The van der Waals surface area contributed by atoms with Gasteiger partial charge in [-0.2, -0.15) is 0 Å². The lowest BCUT2D eigenvalue weighted by atomic mass is 9.52. The number of ether oxygens (including phenoxy) is 1. The highest BCUT2D eigenvalue weighted by Crippen LogP contribution is 2.57. The van der Waals surface area contributed by atoms with E-state index in [0.29, 0.717) is 11.7 Å². The smallest absolute Gasteiger partial charge is 0.143 e. The van der Waals surface area contributed by atoms with Crippen LogP contribution in [-0.2, 0) is 0 Å². The number of hydrogen-bond acceptors (Lipinski definition) is 5. The summed E-state index contributed by atoms with van der Waals surface area (Å²) in [5, 5.41) is 10.8. The molecule has 3 N–H and O–H groups in total. The molecule has 5 nitrogen and oxygen atoms in total. The summed E-state index contributed by atoms with van der Waals surface area (Å²) in [6, 6.07) is 6.81. The van der Waals surface area contributed by atoms with Gasteiger partial charge in [0.25, 0.3) is 0 Å². The standard InChI is InChI=1S/C21H31N3O2/c1-26-19-10-17(2-3-18(19)22)23-4-6-24(7-5-23)20-15-8-14-9-16(20)13-21(25,11-14)12-15/h2-3,10,14-16,20,25H,4-9,11-13,22H2,1H3. The van der Waals surface area contributed by atoms with Crippen LogP contribution in [0.4, 0.5) is 11.4 Å². The summed E-state index contributed by atoms with van der Waals surface area (Å²) >= 11 is 0. The predicted molar refractivity (Wildman–Crippen MR) is 103 cm³/mol. The Hall–Kier alpha value is -1.46. The van der Waals surface area contributed by atoms with Gasteiger partial charge in [-0.05, 0) is 62.0 Å². The Labute approximate surface area is 156 Å². The molecule has 0 spiro atoms. The van der Waals surface area contributed by atoms with E-state index in [9.17, 15) is 5.11 Å². The highest BCUT2D eigenvalue weighted by molar-refractivity contribution is 5.62. The maximum absolute atomic E-state index is 10.8. The number of nitrogens with zero attached hydrogens (tertiary/aromatic N) is 2. The van der Waals surface area contributed by atoms with Crippen molar-refractivity contribution < 1.29 is 9.84 Å². The number of hydrogen-bond donors (Lipinski definition) is 2. The van der Waals surface area contributed by atoms with E-state index in [-0.39, 0.29) is 5.60 Å². The molecule has 142 valence electrons. The first-order chi connectivity index (χ1) is 12.5. The van der Waals surface area contributed by atoms with E-state index in [4.69, 9.17) is 10.5 Å². The number of anilines is 2. The summed E-state index contributed by atoms with van der Waals surface area (Å²) in [6.45, 7) is 4.34. The molecule has 5 fully saturated rings. The van der Waals surface area contributed by atoms with Crippen molar-refractivity contribution in [2.75, 3.05) is 43.9 Å². The average Bonchev–Trinajstić information content (AvgIpc) is 2.61. The minimum atomic E-state index is -0.324. The first-order valence-electron chi connectivity index (χ1n) is 10.2. The monoisotopic (exact) mass is 357 g/mol. The van der Waals surface area contributed by atoms with Crippen LogP contribution in [0.5, 0.6) is 5.75 Å².